The number of aliphatic hydroxyl groups is 3. The minimum Gasteiger partial charge on any atom is -0.504 e. The fourth-order valence-corrected chi connectivity index (χ4v) is 7.87. The van der Waals surface area contributed by atoms with E-state index < -0.39 is 82.6 Å². The lowest BCUT2D eigenvalue weighted by atomic mass is 9.92. The number of phosphoric acid groups is 2. The van der Waals surface area contributed by atoms with Crippen LogP contribution in [0.25, 0.3) is 28.0 Å². The summed E-state index contributed by atoms with van der Waals surface area (Å²) in [6.45, 7) is -2.22. The van der Waals surface area contributed by atoms with Crippen LogP contribution in [0.1, 0.15) is 25.3 Å². The van der Waals surface area contributed by atoms with Crippen LogP contribution >= 0.6 is 15.6 Å². The normalized spacial score (nSPS) is 30.2. The molecule has 4 aromatic heterocycles. The number of rotatable bonds is 5. The van der Waals surface area contributed by atoms with Crippen LogP contribution in [0.15, 0.2) is 34.5 Å². The third kappa shape index (κ3) is 5.83. The lowest BCUT2D eigenvalue weighted by Crippen LogP contribution is -2.40. The average Bonchev–Trinajstić information content (AvgIpc) is 3.30. The molecule has 49 heavy (non-hydrogen) atoms. The van der Waals surface area contributed by atoms with Crippen LogP contribution in [0.3, 0.4) is 0 Å². The largest absolute Gasteiger partial charge is 0.527 e. The molecule has 2 aliphatic carbocycles. The summed E-state index contributed by atoms with van der Waals surface area (Å²) < 4.78 is 50.1. The van der Waals surface area contributed by atoms with Gasteiger partial charge in [-0.2, -0.15) is 15.0 Å². The average molecular weight is 726 g/mol. The topological polar surface area (TPSA) is 357 Å². The molecule has 0 amide bonds. The second-order valence-electron chi connectivity index (χ2n) is 11.5. The maximum absolute atomic E-state index is 13.3. The van der Waals surface area contributed by atoms with E-state index in [0.29, 0.717) is 0 Å². The molecule has 1 fully saturated rings. The number of nitrogen functional groups attached to an aromatic ring is 3. The fourth-order valence-electron chi connectivity index (χ4n) is 6.08. The van der Waals surface area contributed by atoms with Crippen LogP contribution < -0.4 is 22.8 Å². The molecule has 4 aromatic rings. The second-order valence-corrected chi connectivity index (χ2v) is 14.3. The van der Waals surface area contributed by atoms with E-state index in [-0.39, 0.29) is 64.2 Å². The van der Waals surface area contributed by atoms with Gasteiger partial charge in [0.25, 0.3) is 5.56 Å². The molecular weight excluding hydrogens is 696 g/mol. The molecule has 5 unspecified atom stereocenters. The molecule has 23 nitrogen and oxygen atoms in total. The Hall–Kier alpha value is -4.44. The number of H-pyrrole nitrogens is 1. The van der Waals surface area contributed by atoms with Crippen molar-refractivity contribution in [3.8, 4) is 0 Å². The highest BCUT2D eigenvalue weighted by Gasteiger charge is 2.62. The van der Waals surface area contributed by atoms with Gasteiger partial charge in [0.1, 0.15) is 11.8 Å². The SMILES string of the molecule is Nc1nc(N)c2ncn([C@@H]3CC3(O)C(CO)C3CCOP(=O)(O)OC4=C(n5cnc6c(=O)[nH]c(N)nc65)CC(=C4O)COP(=O)(O)O3)c2n1. The number of hydrogen-bond acceptors (Lipinski definition) is 18. The molecular formula is C24H29N11O12P2. The van der Waals surface area contributed by atoms with Gasteiger partial charge in [0.2, 0.25) is 11.9 Å². The number of nitrogens with one attached hydrogen (secondary N) is 1. The molecule has 12 N–H and O–H groups in total. The Morgan fingerprint density at radius 1 is 1.06 bits per heavy atom. The summed E-state index contributed by atoms with van der Waals surface area (Å²) in [5, 5.41) is 33.1. The monoisotopic (exact) mass is 725 g/mol. The standard InChI is InChI=1S/C24H29N11O12P2/c25-18-14-19(31-22(26)30-18)35(8-28-14)13-4-24(13,39)10(5-36)12-1-2-44-48(40,41)47-17-11(3-9(16(17)37)6-45-49(42,43)46-12)34-7-29-15-20(34)32-23(27)33-21(15)38/h7-8,10,12-13,36-37,39H,1-6H2,(H,40,41)(H,42,43)(H4,25,26,30,31)(H3,27,32,33,38)/t10?,12?,13-,24?/m1/s1. The highest BCUT2D eigenvalue weighted by molar-refractivity contribution is 7.47. The number of aromatic nitrogens is 8. The summed E-state index contributed by atoms with van der Waals surface area (Å²) in [7, 11) is -10.1. The minimum atomic E-state index is -5.07. The van der Waals surface area contributed by atoms with Crippen molar-refractivity contribution in [1.82, 2.24) is 39.0 Å². The van der Waals surface area contributed by atoms with Gasteiger partial charge in [0.15, 0.2) is 34.1 Å². The molecule has 7 rings (SSSR count). The van der Waals surface area contributed by atoms with Gasteiger partial charge in [-0.15, -0.1) is 0 Å². The summed E-state index contributed by atoms with van der Waals surface area (Å²) in [5.41, 5.74) is 14.9. The molecule has 0 aromatic carbocycles. The van der Waals surface area contributed by atoms with E-state index >= 15 is 0 Å². The first-order valence-electron chi connectivity index (χ1n) is 14.4. The summed E-state index contributed by atoms with van der Waals surface area (Å²) in [6, 6.07) is -0.786. The van der Waals surface area contributed by atoms with E-state index in [9.17, 15) is 39.0 Å². The molecule has 0 spiro atoms. The van der Waals surface area contributed by atoms with Crippen LogP contribution in [-0.4, -0.2) is 95.7 Å². The Morgan fingerprint density at radius 3 is 2.57 bits per heavy atom. The second kappa shape index (κ2) is 11.6. The van der Waals surface area contributed by atoms with E-state index in [1.807, 2.05) is 0 Å². The van der Waals surface area contributed by atoms with Crippen molar-refractivity contribution in [1.29, 1.82) is 0 Å². The molecule has 0 saturated heterocycles. The van der Waals surface area contributed by atoms with Crippen molar-refractivity contribution in [2.75, 3.05) is 37.0 Å². The molecule has 3 aliphatic rings. The summed E-state index contributed by atoms with van der Waals surface area (Å²) >= 11 is 0. The predicted octanol–water partition coefficient (Wildman–Crippen LogP) is -0.586. The van der Waals surface area contributed by atoms with Crippen LogP contribution in [0, 0.1) is 5.92 Å². The maximum Gasteiger partial charge on any atom is 0.527 e. The van der Waals surface area contributed by atoms with E-state index in [2.05, 4.69) is 29.9 Å². The van der Waals surface area contributed by atoms with Crippen molar-refractivity contribution < 1.29 is 52.3 Å². The number of aromatic amines is 1. The highest BCUT2D eigenvalue weighted by Crippen LogP contribution is 2.58. The van der Waals surface area contributed by atoms with Gasteiger partial charge in [0.05, 0.1) is 49.6 Å². The third-order valence-corrected chi connectivity index (χ3v) is 10.4. The van der Waals surface area contributed by atoms with Crippen LogP contribution in [0.2, 0.25) is 0 Å². The zero-order valence-corrected chi connectivity index (χ0v) is 26.8. The zero-order valence-electron chi connectivity index (χ0n) is 25.0. The number of aliphatic hydroxyl groups excluding tert-OH is 2. The molecule has 5 heterocycles. The van der Waals surface area contributed by atoms with Gasteiger partial charge in [-0.1, -0.05) is 0 Å². The van der Waals surface area contributed by atoms with E-state index in [1.165, 1.54) is 15.5 Å². The number of allylic oxidation sites excluding steroid dienone is 1. The molecule has 1 aliphatic heterocycles. The van der Waals surface area contributed by atoms with Crippen molar-refractivity contribution in [2.45, 2.75) is 37.0 Å². The first-order chi connectivity index (χ1) is 23.1. The Morgan fingerprint density at radius 2 is 1.82 bits per heavy atom. The van der Waals surface area contributed by atoms with Crippen molar-refractivity contribution in [3.63, 3.8) is 0 Å². The molecule has 25 heteroatoms. The quantitative estimate of drug-likeness (QED) is 0.116. The maximum atomic E-state index is 13.3. The first-order valence-corrected chi connectivity index (χ1v) is 17.4. The van der Waals surface area contributed by atoms with Crippen molar-refractivity contribution in [2.24, 2.45) is 5.92 Å². The van der Waals surface area contributed by atoms with Gasteiger partial charge in [-0.25, -0.2) is 19.1 Å². The zero-order chi connectivity index (χ0) is 35.0. The Labute approximate surface area is 272 Å². The number of hydrogen-bond donors (Lipinski definition) is 9. The number of phosphoric ester groups is 2. The number of nitrogens with zero attached hydrogens (tertiary/aromatic N) is 7. The number of anilines is 3. The van der Waals surface area contributed by atoms with E-state index in [4.69, 9.17) is 35.3 Å². The Balaban J connectivity index is 1.18. The fraction of sp³-hybridized carbons (Fsp3) is 0.417. The number of imidazole rings is 2. The van der Waals surface area contributed by atoms with Gasteiger partial charge in [0, 0.05) is 24.3 Å². The van der Waals surface area contributed by atoms with Gasteiger partial charge < -0.3 is 46.5 Å². The summed E-state index contributed by atoms with van der Waals surface area (Å²) in [5.74, 6) is -3.02. The lowest BCUT2D eigenvalue weighted by molar-refractivity contribution is -0.0456. The molecule has 2 bridgehead atoms. The minimum absolute atomic E-state index is 0.000591. The van der Waals surface area contributed by atoms with Gasteiger partial charge >= 0.3 is 15.6 Å². The van der Waals surface area contributed by atoms with E-state index in [0.717, 1.165) is 6.33 Å². The summed E-state index contributed by atoms with van der Waals surface area (Å²) in [6.07, 6.45) is 0.214. The molecule has 6 atom stereocenters. The molecule has 1 saturated carbocycles. The Bertz CT molecular complexity index is 2230. The summed E-state index contributed by atoms with van der Waals surface area (Å²) in [4.78, 5) is 56.2. The van der Waals surface area contributed by atoms with E-state index in [1.54, 1.807) is 0 Å². The van der Waals surface area contributed by atoms with Crippen LogP contribution in [0.5, 0.6) is 0 Å². The van der Waals surface area contributed by atoms with Crippen LogP contribution in [-0.2, 0) is 27.2 Å². The predicted molar refractivity (Wildman–Crippen MR) is 166 cm³/mol. The molecule has 262 valence electrons. The van der Waals surface area contributed by atoms with Crippen molar-refractivity contribution in [3.05, 3.63) is 40.1 Å². The highest BCUT2D eigenvalue weighted by atomic mass is 31.2. The number of nitrogens with two attached hydrogens (primary N) is 3. The number of fused-ring (bicyclic) bond motifs is 3. The molecule has 0 radical (unpaired) electrons. The van der Waals surface area contributed by atoms with Gasteiger partial charge in [-0.05, 0) is 6.42 Å². The van der Waals surface area contributed by atoms with Crippen molar-refractivity contribution >= 4 is 61.4 Å². The smallest absolute Gasteiger partial charge is 0.504 e. The van der Waals surface area contributed by atoms with Gasteiger partial charge in [-0.3, -0.25) is 32.8 Å². The third-order valence-electron chi connectivity index (χ3n) is 8.47. The lowest BCUT2D eigenvalue weighted by Gasteiger charge is -2.31. The first kappa shape index (κ1) is 33.1. The van der Waals surface area contributed by atoms with Crippen LogP contribution in [0.4, 0.5) is 17.7 Å². The Kier molecular flexibility index (Phi) is 7.81.